The normalized spacial score (nSPS) is 16.1. The van der Waals surface area contributed by atoms with E-state index in [-0.39, 0.29) is 11.8 Å². The Morgan fingerprint density at radius 3 is 2.48 bits per heavy atom. The van der Waals surface area contributed by atoms with Crippen LogP contribution < -0.4 is 11.1 Å². The van der Waals surface area contributed by atoms with Crippen molar-refractivity contribution >= 4 is 5.91 Å². The van der Waals surface area contributed by atoms with Crippen molar-refractivity contribution in [2.24, 2.45) is 11.7 Å². The van der Waals surface area contributed by atoms with Crippen molar-refractivity contribution in [2.75, 3.05) is 0 Å². The van der Waals surface area contributed by atoms with Gasteiger partial charge in [0.15, 0.2) is 0 Å². The number of halogens is 3. The smallest absolute Gasteiger partial charge is 0.348 e. The highest BCUT2D eigenvalue weighted by Gasteiger charge is 2.31. The highest BCUT2D eigenvalue weighted by Crippen LogP contribution is 2.30. The molecule has 0 aliphatic carbocycles. The molecule has 1 aromatic rings. The van der Waals surface area contributed by atoms with Crippen molar-refractivity contribution in [3.05, 3.63) is 35.4 Å². The Morgan fingerprint density at radius 1 is 1.33 bits per heavy atom. The van der Waals surface area contributed by atoms with Crippen molar-refractivity contribution in [2.45, 2.75) is 45.5 Å². The van der Waals surface area contributed by atoms with E-state index < -0.39 is 23.8 Å². The molecule has 0 spiro atoms. The first-order valence-electron chi connectivity index (χ1n) is 6.90. The summed E-state index contributed by atoms with van der Waals surface area (Å²) < 4.78 is 38.0. The van der Waals surface area contributed by atoms with E-state index in [1.807, 2.05) is 13.8 Å². The van der Waals surface area contributed by atoms with E-state index in [4.69, 9.17) is 5.73 Å². The van der Waals surface area contributed by atoms with Gasteiger partial charge in [-0.05, 0) is 30.5 Å². The first-order chi connectivity index (χ1) is 9.66. The summed E-state index contributed by atoms with van der Waals surface area (Å²) in [4.78, 5) is 12.0. The van der Waals surface area contributed by atoms with Crippen molar-refractivity contribution < 1.29 is 18.0 Å². The van der Waals surface area contributed by atoms with Crippen LogP contribution in [-0.2, 0) is 11.0 Å². The van der Waals surface area contributed by atoms with Gasteiger partial charge < -0.3 is 11.1 Å². The van der Waals surface area contributed by atoms with Crippen molar-refractivity contribution in [3.63, 3.8) is 0 Å². The standard InChI is InChI=1S/C15H21F3N2O/c1-4-9(2)13(19)14(21)20-10(3)11-6-5-7-12(8-11)15(16,17)18/h5-10,13H,4,19H2,1-3H3,(H,20,21)/t9?,10?,13-/m0/s1. The van der Waals surface area contributed by atoms with Gasteiger partial charge >= 0.3 is 6.18 Å². The molecule has 1 aromatic carbocycles. The molecule has 3 atom stereocenters. The second kappa shape index (κ2) is 6.93. The van der Waals surface area contributed by atoms with E-state index >= 15 is 0 Å². The second-order valence-corrected chi connectivity index (χ2v) is 5.26. The number of alkyl halides is 3. The number of hydrogen-bond acceptors (Lipinski definition) is 2. The topological polar surface area (TPSA) is 55.1 Å². The van der Waals surface area contributed by atoms with Gasteiger partial charge in [0.05, 0.1) is 17.6 Å². The van der Waals surface area contributed by atoms with Gasteiger partial charge in [-0.15, -0.1) is 0 Å². The van der Waals surface area contributed by atoms with E-state index in [0.717, 1.165) is 18.6 Å². The number of rotatable bonds is 5. The number of nitrogens with two attached hydrogens (primary N) is 1. The molecule has 1 amide bonds. The number of amides is 1. The second-order valence-electron chi connectivity index (χ2n) is 5.26. The third-order valence-electron chi connectivity index (χ3n) is 3.63. The predicted octanol–water partition coefficient (Wildman–Crippen LogP) is 3.26. The maximum atomic E-state index is 12.7. The van der Waals surface area contributed by atoms with Gasteiger partial charge in [0.2, 0.25) is 5.91 Å². The van der Waals surface area contributed by atoms with E-state index in [1.165, 1.54) is 6.07 Å². The van der Waals surface area contributed by atoms with Crippen LogP contribution in [0.15, 0.2) is 24.3 Å². The summed E-state index contributed by atoms with van der Waals surface area (Å²) in [5.74, 6) is -0.340. The quantitative estimate of drug-likeness (QED) is 0.877. The van der Waals surface area contributed by atoms with Crippen molar-refractivity contribution in [1.82, 2.24) is 5.32 Å². The maximum absolute atomic E-state index is 12.7. The highest BCUT2D eigenvalue weighted by atomic mass is 19.4. The third-order valence-corrected chi connectivity index (χ3v) is 3.63. The van der Waals surface area contributed by atoms with Crippen molar-refractivity contribution in [1.29, 1.82) is 0 Å². The fourth-order valence-electron chi connectivity index (χ4n) is 1.89. The predicted molar refractivity (Wildman–Crippen MR) is 75.4 cm³/mol. The number of benzene rings is 1. The lowest BCUT2D eigenvalue weighted by Crippen LogP contribution is -2.45. The molecule has 1 rings (SSSR count). The molecular formula is C15H21F3N2O. The van der Waals surface area contributed by atoms with Gasteiger partial charge in [0.25, 0.3) is 0 Å². The van der Waals surface area contributed by atoms with Gasteiger partial charge in [-0.2, -0.15) is 13.2 Å². The molecule has 118 valence electrons. The van der Waals surface area contributed by atoms with Crippen LogP contribution in [0.25, 0.3) is 0 Å². The average molecular weight is 302 g/mol. The minimum Gasteiger partial charge on any atom is -0.348 e. The molecule has 3 nitrogen and oxygen atoms in total. The first-order valence-corrected chi connectivity index (χ1v) is 6.90. The summed E-state index contributed by atoms with van der Waals surface area (Å²) in [6.07, 6.45) is -3.64. The van der Waals surface area contributed by atoms with E-state index in [1.54, 1.807) is 13.0 Å². The van der Waals surface area contributed by atoms with Crippen molar-refractivity contribution in [3.8, 4) is 0 Å². The Kier molecular flexibility index (Phi) is 5.78. The molecule has 0 radical (unpaired) electrons. The summed E-state index contributed by atoms with van der Waals surface area (Å²) in [7, 11) is 0. The Labute approximate surface area is 122 Å². The Hall–Kier alpha value is -1.56. The number of carbonyl (C=O) groups is 1. The summed E-state index contributed by atoms with van der Waals surface area (Å²) in [6, 6.07) is 3.73. The molecule has 0 saturated heterocycles. The minimum atomic E-state index is -4.40. The SMILES string of the molecule is CCC(C)[C@H](N)C(=O)NC(C)c1cccc(C(F)(F)F)c1. The molecule has 0 heterocycles. The van der Waals surface area contributed by atoms with Gasteiger partial charge in [-0.1, -0.05) is 32.4 Å². The van der Waals surface area contributed by atoms with Crippen LogP contribution in [0.1, 0.15) is 44.4 Å². The third kappa shape index (κ3) is 4.74. The van der Waals surface area contributed by atoms with Crippen LogP contribution in [0.2, 0.25) is 0 Å². The van der Waals surface area contributed by atoms with Crippen LogP contribution in [0.5, 0.6) is 0 Å². The van der Waals surface area contributed by atoms with Crippen LogP contribution in [0.3, 0.4) is 0 Å². The molecule has 0 aliphatic rings. The van der Waals surface area contributed by atoms with Gasteiger partial charge in [0, 0.05) is 0 Å². The Balaban J connectivity index is 2.81. The molecule has 21 heavy (non-hydrogen) atoms. The van der Waals surface area contributed by atoms with E-state index in [0.29, 0.717) is 5.56 Å². The Morgan fingerprint density at radius 2 is 1.95 bits per heavy atom. The summed E-state index contributed by atoms with van der Waals surface area (Å²) in [5, 5.41) is 2.66. The molecular weight excluding hydrogens is 281 g/mol. The summed E-state index contributed by atoms with van der Waals surface area (Å²) in [6.45, 7) is 5.42. The maximum Gasteiger partial charge on any atom is 0.416 e. The van der Waals surface area contributed by atoms with Crippen LogP contribution in [0.4, 0.5) is 13.2 Å². The van der Waals surface area contributed by atoms with Crippen LogP contribution >= 0.6 is 0 Å². The lowest BCUT2D eigenvalue weighted by molar-refractivity contribution is -0.137. The summed E-state index contributed by atoms with van der Waals surface area (Å²) in [5.41, 5.74) is 5.47. The largest absolute Gasteiger partial charge is 0.416 e. The van der Waals surface area contributed by atoms with Crippen LogP contribution in [0, 0.1) is 5.92 Å². The Bertz CT molecular complexity index is 488. The van der Waals surface area contributed by atoms with E-state index in [9.17, 15) is 18.0 Å². The van der Waals surface area contributed by atoms with Gasteiger partial charge in [-0.25, -0.2) is 0 Å². The fraction of sp³-hybridized carbons (Fsp3) is 0.533. The molecule has 0 bridgehead atoms. The van der Waals surface area contributed by atoms with E-state index in [2.05, 4.69) is 5.32 Å². The van der Waals surface area contributed by atoms with Gasteiger partial charge in [0.1, 0.15) is 0 Å². The zero-order chi connectivity index (χ0) is 16.2. The zero-order valence-corrected chi connectivity index (χ0v) is 12.4. The first kappa shape index (κ1) is 17.5. The van der Waals surface area contributed by atoms with Gasteiger partial charge in [-0.3, -0.25) is 4.79 Å². The zero-order valence-electron chi connectivity index (χ0n) is 12.4. The monoisotopic (exact) mass is 302 g/mol. The summed E-state index contributed by atoms with van der Waals surface area (Å²) >= 11 is 0. The average Bonchev–Trinajstić information content (AvgIpc) is 2.44. The molecule has 0 fully saturated rings. The van der Waals surface area contributed by atoms with Crippen LogP contribution in [-0.4, -0.2) is 11.9 Å². The fourth-order valence-corrected chi connectivity index (χ4v) is 1.89. The lowest BCUT2D eigenvalue weighted by Gasteiger charge is -2.21. The molecule has 2 unspecified atom stereocenters. The molecule has 0 aromatic heterocycles. The molecule has 6 heteroatoms. The number of carbonyl (C=O) groups excluding carboxylic acids is 1. The molecule has 3 N–H and O–H groups in total. The number of hydrogen-bond donors (Lipinski definition) is 2. The molecule has 0 saturated carbocycles. The highest BCUT2D eigenvalue weighted by molar-refractivity contribution is 5.82. The lowest BCUT2D eigenvalue weighted by atomic mass is 9.98. The molecule has 0 aliphatic heterocycles. The minimum absolute atomic E-state index is 0.0127. The number of nitrogens with one attached hydrogen (secondary N) is 1.